The number of hydrogen-bond donors (Lipinski definition) is 16. The molecule has 20 N–H and O–H groups in total. The normalized spacial score (nSPS) is 16.8. The van der Waals surface area contributed by atoms with Gasteiger partial charge in [0.15, 0.2) is 5.96 Å². The zero-order valence-corrected chi connectivity index (χ0v) is 51.2. The maximum atomic E-state index is 14.7. The van der Waals surface area contributed by atoms with Gasteiger partial charge in [-0.1, -0.05) is 74.5 Å². The third kappa shape index (κ3) is 21.8. The number of guanidine groups is 1. The Balaban J connectivity index is 1.23. The summed E-state index contributed by atoms with van der Waals surface area (Å²) in [7, 11) is 0. The van der Waals surface area contributed by atoms with Crippen LogP contribution in [-0.2, 0) is 72.0 Å². The summed E-state index contributed by atoms with van der Waals surface area (Å²) in [6.07, 6.45) is 3.19. The van der Waals surface area contributed by atoms with Crippen LogP contribution in [0.25, 0.3) is 10.9 Å². The number of nitrogens with zero attached hydrogens (tertiary/aromatic N) is 2. The van der Waals surface area contributed by atoms with Gasteiger partial charge in [0, 0.05) is 55.9 Å². The Hall–Kier alpha value is -9.64. The highest BCUT2D eigenvalue weighted by Gasteiger charge is 2.40. The number of hydrogen-bond acceptors (Lipinski definition) is 15. The molecule has 29 nitrogen and oxygen atoms in total. The Morgan fingerprint density at radius 2 is 1.20 bits per heavy atom. The Morgan fingerprint density at radius 3 is 1.82 bits per heavy atom. The molecule has 6 rings (SSSR count). The van der Waals surface area contributed by atoms with E-state index >= 15 is 0 Å². The minimum Gasteiger partial charge on any atom is -0.508 e. The van der Waals surface area contributed by atoms with Crippen LogP contribution < -0.4 is 70.8 Å². The number of primary amides is 1. The number of nitrogens with two attached hydrogens (primary N) is 4. The minimum atomic E-state index is -1.77. The molecular formula is C62H86N16O13. The van der Waals surface area contributed by atoms with Crippen molar-refractivity contribution in [2.45, 2.75) is 152 Å². The highest BCUT2D eigenvalue weighted by molar-refractivity contribution is 6.00. The topological polar surface area (TPSA) is 472 Å². The van der Waals surface area contributed by atoms with Crippen LogP contribution in [0.2, 0.25) is 0 Å². The Labute approximate surface area is 526 Å². The number of aliphatic hydroxyl groups is 1. The van der Waals surface area contributed by atoms with Gasteiger partial charge in [0.1, 0.15) is 60.1 Å². The molecule has 2 aliphatic heterocycles. The average Bonchev–Trinajstić information content (AvgIpc) is 2.69. The highest BCUT2D eigenvalue weighted by atomic mass is 16.3. The summed E-state index contributed by atoms with van der Waals surface area (Å²) in [5.41, 5.74) is 24.6. The van der Waals surface area contributed by atoms with E-state index in [1.165, 1.54) is 29.2 Å². The molecule has 9 atom stereocenters. The van der Waals surface area contributed by atoms with E-state index in [1.54, 1.807) is 68.6 Å². The van der Waals surface area contributed by atoms with E-state index in [9.17, 15) is 63.0 Å². The lowest BCUT2D eigenvalue weighted by Gasteiger charge is -2.30. The molecule has 492 valence electrons. The Kier molecular flexibility index (Phi) is 27.0. The zero-order chi connectivity index (χ0) is 66.1. The van der Waals surface area contributed by atoms with Crippen molar-refractivity contribution in [2.24, 2.45) is 33.8 Å². The molecule has 0 aliphatic carbocycles. The predicted octanol–water partition coefficient (Wildman–Crippen LogP) is -2.61. The molecule has 0 bridgehead atoms. The summed E-state index contributed by atoms with van der Waals surface area (Å²) in [5.74, 6) is -8.76. The van der Waals surface area contributed by atoms with Crippen molar-refractivity contribution in [1.82, 2.24) is 57.7 Å². The summed E-state index contributed by atoms with van der Waals surface area (Å²) in [5, 5.41) is 45.6. The van der Waals surface area contributed by atoms with Crippen molar-refractivity contribution < 1.29 is 63.0 Å². The quantitative estimate of drug-likeness (QED) is 0.0127. The zero-order valence-electron chi connectivity index (χ0n) is 51.2. The smallest absolute Gasteiger partial charge is 0.245 e. The third-order valence-electron chi connectivity index (χ3n) is 15.5. The number of aromatic nitrogens is 1. The number of amides is 11. The minimum absolute atomic E-state index is 0.00526. The van der Waals surface area contributed by atoms with Gasteiger partial charge in [0.05, 0.1) is 13.2 Å². The van der Waals surface area contributed by atoms with Gasteiger partial charge in [0.2, 0.25) is 65.0 Å². The highest BCUT2D eigenvalue weighted by Crippen LogP contribution is 2.22. The number of likely N-dealkylation sites (tertiary alicyclic amines) is 1. The van der Waals surface area contributed by atoms with E-state index in [4.69, 9.17) is 22.9 Å². The molecule has 3 aromatic carbocycles. The molecule has 11 amide bonds. The lowest BCUT2D eigenvalue weighted by Crippen LogP contribution is -2.61. The SMILES string of the molecule is CC(C)C[C@H](NC(=O)[C@H](CCCCN)NC(=O)[C@H](Cc1ccc(O)cc1)NC(=O)[C@H](CO)NC(=O)[C@H](Cc1c[nH]c2ccccc12)NC(=O)[C@H](Cc1ccccc1)NC(=O)[C@@H]1CCC(=O)N1)C(=O)N[C@@H](CCCN=C(N)N)C(=O)N1CCC[C@H]1C(=O)NCC(N)=O. The summed E-state index contributed by atoms with van der Waals surface area (Å²) >= 11 is 0. The molecule has 0 spiro atoms. The number of rotatable bonds is 35. The van der Waals surface area contributed by atoms with Crippen LogP contribution in [0.4, 0.5) is 0 Å². The number of carbonyl (C=O) groups is 11. The number of aromatic hydroxyl groups is 1. The number of carbonyl (C=O) groups excluding carboxylic acids is 11. The van der Waals surface area contributed by atoms with Gasteiger partial charge in [-0.15, -0.1) is 0 Å². The van der Waals surface area contributed by atoms with Crippen molar-refractivity contribution >= 4 is 81.8 Å². The molecule has 0 radical (unpaired) electrons. The van der Waals surface area contributed by atoms with E-state index in [0.717, 1.165) is 0 Å². The van der Waals surface area contributed by atoms with Gasteiger partial charge < -0.3 is 90.9 Å². The largest absolute Gasteiger partial charge is 0.508 e. The third-order valence-corrected chi connectivity index (χ3v) is 15.5. The molecule has 29 heteroatoms. The molecular weight excluding hydrogens is 1180 g/mol. The van der Waals surface area contributed by atoms with Gasteiger partial charge in [-0.05, 0) is 105 Å². The first-order valence-corrected chi connectivity index (χ1v) is 30.6. The summed E-state index contributed by atoms with van der Waals surface area (Å²) in [4.78, 5) is 160. The second-order valence-corrected chi connectivity index (χ2v) is 23.1. The maximum Gasteiger partial charge on any atom is 0.245 e. The monoisotopic (exact) mass is 1260 g/mol. The molecule has 0 saturated carbocycles. The fraction of sp³-hybridized carbons (Fsp3) is 0.484. The number of phenolic OH excluding ortho intramolecular Hbond substituents is 1. The van der Waals surface area contributed by atoms with Gasteiger partial charge in [-0.25, -0.2) is 0 Å². The Morgan fingerprint density at radius 1 is 0.637 bits per heavy atom. The predicted molar refractivity (Wildman–Crippen MR) is 335 cm³/mol. The molecule has 2 fully saturated rings. The first-order valence-electron chi connectivity index (χ1n) is 30.6. The lowest BCUT2D eigenvalue weighted by molar-refractivity contribution is -0.142. The van der Waals surface area contributed by atoms with Gasteiger partial charge >= 0.3 is 0 Å². The van der Waals surface area contributed by atoms with E-state index in [-0.39, 0.29) is 107 Å². The van der Waals surface area contributed by atoms with E-state index < -0.39 is 127 Å². The number of aliphatic imine (C=N–C) groups is 1. The number of nitrogens with one attached hydrogen (secondary N) is 10. The van der Waals surface area contributed by atoms with Gasteiger partial charge in [0.25, 0.3) is 0 Å². The van der Waals surface area contributed by atoms with E-state index in [0.29, 0.717) is 46.9 Å². The van der Waals surface area contributed by atoms with Crippen molar-refractivity contribution in [3.63, 3.8) is 0 Å². The number of phenols is 1. The van der Waals surface area contributed by atoms with Crippen molar-refractivity contribution in [2.75, 3.05) is 32.8 Å². The molecule has 3 heterocycles. The fourth-order valence-electron chi connectivity index (χ4n) is 10.8. The molecule has 2 saturated heterocycles. The molecule has 91 heavy (non-hydrogen) atoms. The van der Waals surface area contributed by atoms with Crippen molar-refractivity contribution in [1.29, 1.82) is 0 Å². The second kappa shape index (κ2) is 34.9. The standard InChI is InChI=1S/C62H86N16O13/c1-35(2)28-45(55(85)72-44(17-10-26-67-62(65)66)61(91)78-27-11-18-50(78)60(90)69-33-51(64)81)73-53(83)42(16-8-9-25-63)71-56(86)47(30-37-19-21-39(80)22-20-37)75-59(89)49(34-79)77-58(88)48(31-38-32-68-41-15-7-6-14-40(38)41)76-57(87)46(29-36-12-4-3-5-13-36)74-54(84)43-23-24-52(82)70-43/h3-7,12-15,19-22,32,35,42-50,68,79-80H,8-11,16-18,23-31,33-34,63H2,1-2H3,(H2,64,81)(H,69,90)(H,70,82)(H,71,86)(H,72,85)(H,73,83)(H,74,84)(H,75,89)(H,76,87)(H,77,88)(H4,65,66,67)/t42-,43-,44-,45-,46-,47-,48-,49-,50-/m0/s1. The van der Waals surface area contributed by atoms with Crippen LogP contribution in [-0.4, -0.2) is 178 Å². The van der Waals surface area contributed by atoms with Crippen molar-refractivity contribution in [3.05, 3.63) is 102 Å². The molecule has 0 unspecified atom stereocenters. The van der Waals surface area contributed by atoms with Crippen LogP contribution >= 0.6 is 0 Å². The number of aromatic amines is 1. The van der Waals surface area contributed by atoms with Crippen LogP contribution in [0.1, 0.15) is 94.7 Å². The van der Waals surface area contributed by atoms with E-state index in [1.807, 2.05) is 6.07 Å². The van der Waals surface area contributed by atoms with Gasteiger partial charge in [-0.3, -0.25) is 57.7 Å². The second-order valence-electron chi connectivity index (χ2n) is 23.1. The average molecular weight is 1260 g/mol. The first kappa shape index (κ1) is 70.4. The molecule has 4 aromatic rings. The fourth-order valence-corrected chi connectivity index (χ4v) is 10.8. The summed E-state index contributed by atoms with van der Waals surface area (Å²) in [6.45, 7) is 2.59. The maximum absolute atomic E-state index is 14.7. The number of H-pyrrole nitrogens is 1. The number of fused-ring (bicyclic) bond motifs is 1. The summed E-state index contributed by atoms with van der Waals surface area (Å²) < 4.78 is 0. The summed E-state index contributed by atoms with van der Waals surface area (Å²) in [6, 6.07) is 9.82. The van der Waals surface area contributed by atoms with Crippen LogP contribution in [0, 0.1) is 5.92 Å². The number of unbranched alkanes of at least 4 members (excludes halogenated alkanes) is 1. The van der Waals surface area contributed by atoms with Crippen LogP contribution in [0.5, 0.6) is 5.75 Å². The number of benzene rings is 3. The molecule has 1 aromatic heterocycles. The Bertz CT molecular complexity index is 3210. The van der Waals surface area contributed by atoms with Crippen molar-refractivity contribution in [3.8, 4) is 5.75 Å². The van der Waals surface area contributed by atoms with Gasteiger partial charge in [-0.2, -0.15) is 0 Å². The molecule has 2 aliphatic rings. The van der Waals surface area contributed by atoms with E-state index in [2.05, 4.69) is 57.8 Å². The lowest BCUT2D eigenvalue weighted by atomic mass is 10.00. The number of para-hydroxylation sites is 1. The van der Waals surface area contributed by atoms with Crippen LogP contribution in [0.15, 0.2) is 90.1 Å². The number of aliphatic hydroxyl groups excluding tert-OH is 1. The first-order chi connectivity index (χ1) is 43.5. The van der Waals surface area contributed by atoms with Crippen LogP contribution in [0.3, 0.4) is 0 Å².